The molecule has 0 fully saturated rings. The van der Waals surface area contributed by atoms with E-state index in [9.17, 15) is 9.59 Å². The van der Waals surface area contributed by atoms with Crippen molar-refractivity contribution in [3.63, 3.8) is 0 Å². The number of hydrogen-bond acceptors (Lipinski definition) is 6. The van der Waals surface area contributed by atoms with Crippen LogP contribution in [0.5, 0.6) is 5.75 Å². The Morgan fingerprint density at radius 1 is 1.07 bits per heavy atom. The third kappa shape index (κ3) is 5.04. The molecule has 0 saturated carbocycles. The highest BCUT2D eigenvalue weighted by atomic mass is 32.1. The van der Waals surface area contributed by atoms with Gasteiger partial charge in [0, 0.05) is 5.56 Å². The number of carbonyl (C=O) groups is 2. The standard InChI is InChI=1S/C23H24N2O4S/c1-4-29-22(27)21-16(2)24-23(30-21)25(15-17-10-6-5-7-11-17)20(26)14-18-12-8-9-13-19(18)28-3/h5-13H,4,14-15H2,1-3H3. The molecule has 0 bridgehead atoms. The molecule has 0 radical (unpaired) electrons. The maximum absolute atomic E-state index is 13.3. The summed E-state index contributed by atoms with van der Waals surface area (Å²) in [4.78, 5) is 32.1. The van der Waals surface area contributed by atoms with Crippen LogP contribution in [0.2, 0.25) is 0 Å². The highest BCUT2D eigenvalue weighted by Gasteiger charge is 2.25. The third-order valence-electron chi connectivity index (χ3n) is 4.50. The molecule has 0 aliphatic carbocycles. The quantitative estimate of drug-likeness (QED) is 0.501. The fraction of sp³-hybridized carbons (Fsp3) is 0.261. The summed E-state index contributed by atoms with van der Waals surface area (Å²) in [7, 11) is 1.58. The number of nitrogens with zero attached hydrogens (tertiary/aromatic N) is 2. The highest BCUT2D eigenvalue weighted by Crippen LogP contribution is 2.29. The molecule has 0 spiro atoms. The minimum absolute atomic E-state index is 0.132. The first kappa shape index (κ1) is 21.5. The lowest BCUT2D eigenvalue weighted by atomic mass is 10.1. The van der Waals surface area contributed by atoms with E-state index in [4.69, 9.17) is 9.47 Å². The van der Waals surface area contributed by atoms with Crippen molar-refractivity contribution in [2.24, 2.45) is 0 Å². The highest BCUT2D eigenvalue weighted by molar-refractivity contribution is 7.17. The van der Waals surface area contributed by atoms with Crippen LogP contribution >= 0.6 is 11.3 Å². The van der Waals surface area contributed by atoms with Crippen LogP contribution in [-0.2, 0) is 22.5 Å². The predicted molar refractivity (Wildman–Crippen MR) is 117 cm³/mol. The van der Waals surface area contributed by atoms with Crippen LogP contribution in [-0.4, -0.2) is 30.6 Å². The predicted octanol–water partition coefficient (Wildman–Crippen LogP) is 4.41. The van der Waals surface area contributed by atoms with Gasteiger partial charge in [-0.05, 0) is 25.5 Å². The van der Waals surface area contributed by atoms with Gasteiger partial charge in [0.1, 0.15) is 10.6 Å². The van der Waals surface area contributed by atoms with Gasteiger partial charge in [0.15, 0.2) is 5.13 Å². The number of hydrogen-bond donors (Lipinski definition) is 0. The summed E-state index contributed by atoms with van der Waals surface area (Å²) in [6.07, 6.45) is 0.157. The number of thiazole rings is 1. The Bertz CT molecular complexity index is 1020. The van der Waals surface area contributed by atoms with E-state index in [2.05, 4.69) is 4.98 Å². The minimum atomic E-state index is -0.421. The van der Waals surface area contributed by atoms with Gasteiger partial charge in [-0.3, -0.25) is 9.69 Å². The normalized spacial score (nSPS) is 10.5. The van der Waals surface area contributed by atoms with Gasteiger partial charge in [0.2, 0.25) is 5.91 Å². The molecule has 0 unspecified atom stereocenters. The Morgan fingerprint density at radius 2 is 1.77 bits per heavy atom. The van der Waals surface area contributed by atoms with Gasteiger partial charge in [-0.2, -0.15) is 0 Å². The Balaban J connectivity index is 1.93. The van der Waals surface area contributed by atoms with Crippen LogP contribution < -0.4 is 9.64 Å². The molecular formula is C23H24N2O4S. The number of benzene rings is 2. The first-order valence-electron chi connectivity index (χ1n) is 9.64. The topological polar surface area (TPSA) is 68.7 Å². The van der Waals surface area contributed by atoms with Crippen LogP contribution in [0.3, 0.4) is 0 Å². The summed E-state index contributed by atoms with van der Waals surface area (Å²) in [6, 6.07) is 17.1. The van der Waals surface area contributed by atoms with Crippen molar-refractivity contribution < 1.29 is 19.1 Å². The Morgan fingerprint density at radius 3 is 2.47 bits per heavy atom. The minimum Gasteiger partial charge on any atom is -0.496 e. The Kier molecular flexibility index (Phi) is 7.19. The number of methoxy groups -OCH3 is 1. The molecule has 1 amide bonds. The summed E-state index contributed by atoms with van der Waals surface area (Å²) in [5.74, 6) is 0.108. The number of para-hydroxylation sites is 1. The van der Waals surface area contributed by atoms with E-state index in [-0.39, 0.29) is 18.9 Å². The molecule has 0 atom stereocenters. The fourth-order valence-electron chi connectivity index (χ4n) is 3.02. The SMILES string of the molecule is CCOC(=O)c1sc(N(Cc2ccccc2)C(=O)Cc2ccccc2OC)nc1C. The molecule has 1 heterocycles. The molecule has 7 heteroatoms. The zero-order valence-electron chi connectivity index (χ0n) is 17.3. The maximum Gasteiger partial charge on any atom is 0.350 e. The molecule has 0 aliphatic heterocycles. The largest absolute Gasteiger partial charge is 0.496 e. The average Bonchev–Trinajstić information content (AvgIpc) is 3.14. The number of rotatable bonds is 8. The number of carbonyl (C=O) groups excluding carboxylic acids is 2. The first-order valence-corrected chi connectivity index (χ1v) is 10.5. The van der Waals surface area contributed by atoms with E-state index in [1.54, 1.807) is 25.9 Å². The Hall–Kier alpha value is -3.19. The van der Waals surface area contributed by atoms with Gasteiger partial charge < -0.3 is 9.47 Å². The van der Waals surface area contributed by atoms with Gasteiger partial charge in [-0.1, -0.05) is 59.9 Å². The van der Waals surface area contributed by atoms with Gasteiger partial charge in [0.05, 0.1) is 32.4 Å². The number of amides is 1. The van der Waals surface area contributed by atoms with E-state index in [1.807, 2.05) is 54.6 Å². The summed E-state index contributed by atoms with van der Waals surface area (Å²) in [5.41, 5.74) is 2.31. The summed E-state index contributed by atoms with van der Waals surface area (Å²) < 4.78 is 10.5. The second-order valence-electron chi connectivity index (χ2n) is 6.59. The van der Waals surface area contributed by atoms with Crippen molar-refractivity contribution in [1.29, 1.82) is 0 Å². The molecule has 3 rings (SSSR count). The second-order valence-corrected chi connectivity index (χ2v) is 7.56. The maximum atomic E-state index is 13.3. The smallest absolute Gasteiger partial charge is 0.350 e. The van der Waals surface area contributed by atoms with Crippen molar-refractivity contribution in [3.8, 4) is 5.75 Å². The summed E-state index contributed by atoms with van der Waals surface area (Å²) >= 11 is 1.17. The van der Waals surface area contributed by atoms with E-state index in [1.165, 1.54) is 11.3 Å². The van der Waals surface area contributed by atoms with E-state index in [0.29, 0.717) is 28.0 Å². The molecular weight excluding hydrogens is 400 g/mol. The van der Waals surface area contributed by atoms with Crippen molar-refractivity contribution in [2.75, 3.05) is 18.6 Å². The second kappa shape index (κ2) is 10.0. The molecule has 0 aliphatic rings. The number of anilines is 1. The third-order valence-corrected chi connectivity index (χ3v) is 5.66. The van der Waals surface area contributed by atoms with Gasteiger partial charge in [-0.15, -0.1) is 0 Å². The van der Waals surface area contributed by atoms with Crippen LogP contribution in [0.25, 0.3) is 0 Å². The number of ether oxygens (including phenoxy) is 2. The van der Waals surface area contributed by atoms with Crippen LogP contribution in [0.15, 0.2) is 54.6 Å². The van der Waals surface area contributed by atoms with Crippen LogP contribution in [0, 0.1) is 6.92 Å². The zero-order chi connectivity index (χ0) is 21.5. The molecule has 1 aromatic heterocycles. The van der Waals surface area contributed by atoms with E-state index >= 15 is 0 Å². The van der Waals surface area contributed by atoms with Gasteiger partial charge in [-0.25, -0.2) is 9.78 Å². The monoisotopic (exact) mass is 424 g/mol. The molecule has 156 valence electrons. The fourth-order valence-corrected chi connectivity index (χ4v) is 4.00. The van der Waals surface area contributed by atoms with E-state index in [0.717, 1.165) is 11.1 Å². The number of aromatic nitrogens is 1. The lowest BCUT2D eigenvalue weighted by Crippen LogP contribution is -2.31. The molecule has 30 heavy (non-hydrogen) atoms. The number of aryl methyl sites for hydroxylation is 1. The van der Waals surface area contributed by atoms with Crippen molar-refractivity contribution >= 4 is 28.3 Å². The van der Waals surface area contributed by atoms with Crippen molar-refractivity contribution in [1.82, 2.24) is 4.98 Å². The van der Waals surface area contributed by atoms with E-state index < -0.39 is 5.97 Å². The number of esters is 1. The van der Waals surface area contributed by atoms with Crippen LogP contribution in [0.4, 0.5) is 5.13 Å². The zero-order valence-corrected chi connectivity index (χ0v) is 18.1. The van der Waals surface area contributed by atoms with Crippen molar-refractivity contribution in [2.45, 2.75) is 26.8 Å². The lowest BCUT2D eigenvalue weighted by molar-refractivity contribution is -0.118. The Labute approximate surface area is 180 Å². The molecule has 0 saturated heterocycles. The van der Waals surface area contributed by atoms with Gasteiger partial charge in [0.25, 0.3) is 0 Å². The van der Waals surface area contributed by atoms with Crippen LogP contribution in [0.1, 0.15) is 33.4 Å². The molecule has 0 N–H and O–H groups in total. The summed E-state index contributed by atoms with van der Waals surface area (Å²) in [5, 5.41) is 0.472. The summed E-state index contributed by atoms with van der Waals surface area (Å²) in [6.45, 7) is 4.14. The molecule has 6 nitrogen and oxygen atoms in total. The molecule has 2 aromatic carbocycles. The molecule has 3 aromatic rings. The van der Waals surface area contributed by atoms with Crippen molar-refractivity contribution in [3.05, 3.63) is 76.3 Å². The lowest BCUT2D eigenvalue weighted by Gasteiger charge is -2.21. The first-order chi connectivity index (χ1) is 14.5. The van der Waals surface area contributed by atoms with Gasteiger partial charge >= 0.3 is 5.97 Å². The average molecular weight is 425 g/mol.